The van der Waals surface area contributed by atoms with Crippen LogP contribution in [-0.2, 0) is 9.53 Å². The van der Waals surface area contributed by atoms with Gasteiger partial charge < -0.3 is 9.47 Å². The van der Waals surface area contributed by atoms with E-state index in [1.165, 1.54) is 31.0 Å². The molecule has 26 heavy (non-hydrogen) atoms. The Balaban J connectivity index is 1.83. The van der Waals surface area contributed by atoms with Gasteiger partial charge in [0.2, 0.25) is 0 Å². The van der Waals surface area contributed by atoms with Crippen molar-refractivity contribution in [2.24, 2.45) is 5.92 Å². The normalized spacial score (nSPS) is 15.2. The molecular formula is C19H31N3O3S. The molecule has 0 saturated carbocycles. The average Bonchev–Trinajstić information content (AvgIpc) is 3.08. The summed E-state index contributed by atoms with van der Waals surface area (Å²) in [6, 6.07) is 0. The van der Waals surface area contributed by atoms with Crippen molar-refractivity contribution < 1.29 is 14.3 Å². The van der Waals surface area contributed by atoms with Crippen LogP contribution in [-0.4, -0.2) is 46.0 Å². The van der Waals surface area contributed by atoms with Crippen LogP contribution in [0.3, 0.4) is 0 Å². The Labute approximate surface area is 160 Å². The average molecular weight is 382 g/mol. The van der Waals surface area contributed by atoms with E-state index < -0.39 is 0 Å². The van der Waals surface area contributed by atoms with E-state index in [4.69, 9.17) is 9.47 Å². The van der Waals surface area contributed by atoms with Crippen LogP contribution in [0.15, 0.2) is 6.08 Å². The zero-order chi connectivity index (χ0) is 18.8. The highest BCUT2D eigenvalue weighted by molar-refractivity contribution is 6.99. The molecule has 1 aromatic rings. The van der Waals surface area contributed by atoms with Gasteiger partial charge in [-0.2, -0.15) is 4.37 Å². The van der Waals surface area contributed by atoms with Crippen molar-refractivity contribution >= 4 is 23.3 Å². The second-order valence-corrected chi connectivity index (χ2v) is 7.67. The number of nitrogens with zero attached hydrogens (tertiary/aromatic N) is 3. The monoisotopic (exact) mass is 381 g/mol. The van der Waals surface area contributed by atoms with Crippen LogP contribution in [0, 0.1) is 5.92 Å². The predicted molar refractivity (Wildman–Crippen MR) is 104 cm³/mol. The van der Waals surface area contributed by atoms with Crippen LogP contribution in [0.4, 0.5) is 0 Å². The second kappa shape index (κ2) is 11.3. The Hall–Kier alpha value is -1.47. The first-order valence-electron chi connectivity index (χ1n) is 9.62. The number of carbonyl (C=O) groups excluding carboxylic acids is 1. The van der Waals surface area contributed by atoms with Crippen LogP contribution in [0.25, 0.3) is 5.57 Å². The van der Waals surface area contributed by atoms with Gasteiger partial charge in [-0.1, -0.05) is 46.1 Å². The lowest BCUT2D eigenvalue weighted by atomic mass is 10.1. The molecule has 0 unspecified atom stereocenters. The standard InChI is InChI=1S/C19H31N3O3S/c1-4-5-6-7-11-24-19-18(20-26-21-19)16-9-8-10-22(13-16)14-25-17(23)12-15(2)3/h9,15H,4-8,10-14H2,1-3H3. The van der Waals surface area contributed by atoms with Crippen LogP contribution >= 0.6 is 11.7 Å². The van der Waals surface area contributed by atoms with Gasteiger partial charge in [-0.15, -0.1) is 4.37 Å². The molecule has 2 heterocycles. The highest BCUT2D eigenvalue weighted by Crippen LogP contribution is 2.27. The topological polar surface area (TPSA) is 64.6 Å². The lowest BCUT2D eigenvalue weighted by molar-refractivity contribution is -0.149. The summed E-state index contributed by atoms with van der Waals surface area (Å²) in [6.07, 6.45) is 8.23. The van der Waals surface area contributed by atoms with E-state index in [0.29, 0.717) is 38.1 Å². The van der Waals surface area contributed by atoms with Gasteiger partial charge in [0.25, 0.3) is 5.88 Å². The maximum absolute atomic E-state index is 11.7. The molecule has 1 aromatic heterocycles. The molecule has 0 saturated heterocycles. The molecule has 146 valence electrons. The van der Waals surface area contributed by atoms with Crippen molar-refractivity contribution in [3.63, 3.8) is 0 Å². The van der Waals surface area contributed by atoms with E-state index >= 15 is 0 Å². The fourth-order valence-electron chi connectivity index (χ4n) is 2.81. The van der Waals surface area contributed by atoms with Crippen LogP contribution in [0.1, 0.15) is 65.0 Å². The highest BCUT2D eigenvalue weighted by atomic mass is 32.1. The number of esters is 1. The Morgan fingerprint density at radius 2 is 2.15 bits per heavy atom. The first kappa shape index (κ1) is 20.8. The highest BCUT2D eigenvalue weighted by Gasteiger charge is 2.21. The smallest absolute Gasteiger partial charge is 0.307 e. The molecule has 1 aliphatic heterocycles. The summed E-state index contributed by atoms with van der Waals surface area (Å²) in [4.78, 5) is 13.9. The van der Waals surface area contributed by atoms with Crippen molar-refractivity contribution in [2.45, 2.75) is 59.3 Å². The van der Waals surface area contributed by atoms with Gasteiger partial charge in [0.1, 0.15) is 12.4 Å². The second-order valence-electron chi connectivity index (χ2n) is 7.14. The maximum atomic E-state index is 11.7. The SMILES string of the molecule is CCCCCCOc1nsnc1C1=CCCN(COC(=O)CC(C)C)C1. The number of unbranched alkanes of at least 4 members (excludes halogenated alkanes) is 3. The Morgan fingerprint density at radius 3 is 2.92 bits per heavy atom. The molecule has 0 spiro atoms. The number of ether oxygens (including phenoxy) is 2. The lowest BCUT2D eigenvalue weighted by Gasteiger charge is -2.26. The van der Waals surface area contributed by atoms with Crippen LogP contribution < -0.4 is 4.74 Å². The molecular weight excluding hydrogens is 350 g/mol. The van der Waals surface area contributed by atoms with Gasteiger partial charge >= 0.3 is 5.97 Å². The Kier molecular flexibility index (Phi) is 9.05. The molecule has 0 bridgehead atoms. The third-order valence-corrected chi connectivity index (χ3v) is 4.72. The van der Waals surface area contributed by atoms with Crippen LogP contribution in [0.2, 0.25) is 0 Å². The number of carbonyl (C=O) groups is 1. The summed E-state index contributed by atoms with van der Waals surface area (Å²) in [5, 5.41) is 0. The van der Waals surface area contributed by atoms with Crippen molar-refractivity contribution in [3.05, 3.63) is 11.8 Å². The molecule has 0 N–H and O–H groups in total. The van der Waals surface area contributed by atoms with Gasteiger partial charge in [0.05, 0.1) is 18.3 Å². The molecule has 6 nitrogen and oxygen atoms in total. The van der Waals surface area contributed by atoms with Gasteiger partial charge in [-0.05, 0) is 24.3 Å². The third-order valence-electron chi connectivity index (χ3n) is 4.21. The quantitative estimate of drug-likeness (QED) is 0.424. The van der Waals surface area contributed by atoms with Gasteiger partial charge in [0, 0.05) is 19.5 Å². The number of hydrogen-bond donors (Lipinski definition) is 0. The molecule has 0 atom stereocenters. The molecule has 0 fully saturated rings. The fraction of sp³-hybridized carbons (Fsp3) is 0.737. The Bertz CT molecular complexity index is 586. The number of rotatable bonds is 11. The van der Waals surface area contributed by atoms with E-state index in [1.807, 2.05) is 13.8 Å². The number of hydrogen-bond acceptors (Lipinski definition) is 7. The first-order valence-corrected chi connectivity index (χ1v) is 10.4. The van der Waals surface area contributed by atoms with Crippen molar-refractivity contribution in [3.8, 4) is 5.88 Å². The summed E-state index contributed by atoms with van der Waals surface area (Å²) < 4.78 is 20.0. The fourth-order valence-corrected chi connectivity index (χ4v) is 3.34. The van der Waals surface area contributed by atoms with Crippen LogP contribution in [0.5, 0.6) is 5.88 Å². The molecule has 0 radical (unpaired) electrons. The largest absolute Gasteiger partial charge is 0.475 e. The number of aromatic nitrogens is 2. The summed E-state index contributed by atoms with van der Waals surface area (Å²) in [7, 11) is 0. The molecule has 0 aromatic carbocycles. The summed E-state index contributed by atoms with van der Waals surface area (Å²) in [5.74, 6) is 0.816. The minimum absolute atomic E-state index is 0.137. The summed E-state index contributed by atoms with van der Waals surface area (Å²) >= 11 is 1.18. The van der Waals surface area contributed by atoms with Crippen molar-refractivity contribution in [2.75, 3.05) is 26.4 Å². The summed E-state index contributed by atoms with van der Waals surface area (Å²) in [5.41, 5.74) is 1.94. The third kappa shape index (κ3) is 7.03. The maximum Gasteiger partial charge on any atom is 0.307 e. The zero-order valence-corrected chi connectivity index (χ0v) is 17.0. The van der Waals surface area contributed by atoms with E-state index in [-0.39, 0.29) is 5.97 Å². The van der Waals surface area contributed by atoms with E-state index in [9.17, 15) is 4.79 Å². The molecule has 7 heteroatoms. The van der Waals surface area contributed by atoms with Gasteiger partial charge in [-0.3, -0.25) is 9.69 Å². The van der Waals surface area contributed by atoms with Crippen molar-refractivity contribution in [1.29, 1.82) is 0 Å². The molecule has 0 amide bonds. The molecule has 1 aliphatic rings. The first-order chi connectivity index (χ1) is 12.6. The van der Waals surface area contributed by atoms with Gasteiger partial charge in [-0.25, -0.2) is 0 Å². The minimum atomic E-state index is -0.137. The van der Waals surface area contributed by atoms with E-state index in [2.05, 4.69) is 26.6 Å². The minimum Gasteiger partial charge on any atom is -0.475 e. The zero-order valence-electron chi connectivity index (χ0n) is 16.2. The Morgan fingerprint density at radius 1 is 1.31 bits per heavy atom. The van der Waals surface area contributed by atoms with Crippen molar-refractivity contribution in [1.82, 2.24) is 13.6 Å². The van der Waals surface area contributed by atoms with E-state index in [0.717, 1.165) is 30.7 Å². The van der Waals surface area contributed by atoms with Gasteiger partial charge in [0.15, 0.2) is 0 Å². The molecule has 0 aliphatic carbocycles. The molecule has 2 rings (SSSR count). The lowest BCUT2D eigenvalue weighted by Crippen LogP contribution is -2.33. The summed E-state index contributed by atoms with van der Waals surface area (Å²) in [6.45, 7) is 8.82. The predicted octanol–water partition coefficient (Wildman–Crippen LogP) is 4.13. The van der Waals surface area contributed by atoms with E-state index in [1.54, 1.807) is 0 Å².